The SMILES string of the molecule is Cc1ccc(NC(=O)CC(=O)NN=Cc2c(OCc3ccc(Cl)cc3)ccc3ccccc23)c(C)c1. The molecule has 0 saturated carbocycles. The van der Waals surface area contributed by atoms with Gasteiger partial charge in [-0.15, -0.1) is 0 Å². The molecule has 2 amide bonds. The third kappa shape index (κ3) is 6.49. The molecule has 0 atom stereocenters. The van der Waals surface area contributed by atoms with Crippen LogP contribution in [-0.2, 0) is 16.2 Å². The Morgan fingerprint density at radius 1 is 0.944 bits per heavy atom. The Kier molecular flexibility index (Phi) is 7.98. The van der Waals surface area contributed by atoms with E-state index in [0.29, 0.717) is 23.1 Å². The number of ether oxygens (including phenoxy) is 1. The molecule has 0 aromatic heterocycles. The maximum Gasteiger partial charge on any atom is 0.249 e. The molecule has 0 bridgehead atoms. The molecular formula is C29H26ClN3O3. The highest BCUT2D eigenvalue weighted by Gasteiger charge is 2.11. The van der Waals surface area contributed by atoms with Gasteiger partial charge < -0.3 is 10.1 Å². The summed E-state index contributed by atoms with van der Waals surface area (Å²) in [5.41, 5.74) is 6.85. The summed E-state index contributed by atoms with van der Waals surface area (Å²) in [4.78, 5) is 24.6. The van der Waals surface area contributed by atoms with Gasteiger partial charge in [-0.25, -0.2) is 5.43 Å². The molecule has 0 unspecified atom stereocenters. The van der Waals surface area contributed by atoms with Gasteiger partial charge in [0, 0.05) is 16.3 Å². The van der Waals surface area contributed by atoms with Crippen molar-refractivity contribution >= 4 is 46.1 Å². The summed E-state index contributed by atoms with van der Waals surface area (Å²) in [5, 5.41) is 9.47. The molecule has 0 aliphatic carbocycles. The second-order valence-corrected chi connectivity index (χ2v) is 8.89. The van der Waals surface area contributed by atoms with Gasteiger partial charge in [0.05, 0.1) is 6.21 Å². The van der Waals surface area contributed by atoms with Gasteiger partial charge in [-0.3, -0.25) is 9.59 Å². The number of hydrazone groups is 1. The molecule has 0 aliphatic rings. The lowest BCUT2D eigenvalue weighted by Crippen LogP contribution is -2.25. The average molecular weight is 500 g/mol. The lowest BCUT2D eigenvalue weighted by atomic mass is 10.0. The zero-order valence-corrected chi connectivity index (χ0v) is 20.8. The average Bonchev–Trinajstić information content (AvgIpc) is 2.86. The molecule has 182 valence electrons. The number of fused-ring (bicyclic) bond motifs is 1. The smallest absolute Gasteiger partial charge is 0.249 e. The summed E-state index contributed by atoms with van der Waals surface area (Å²) in [5.74, 6) is -0.307. The molecule has 36 heavy (non-hydrogen) atoms. The third-order valence-electron chi connectivity index (χ3n) is 5.60. The molecule has 0 saturated heterocycles. The monoisotopic (exact) mass is 499 g/mol. The number of nitrogens with zero attached hydrogens (tertiary/aromatic N) is 1. The van der Waals surface area contributed by atoms with Crippen LogP contribution >= 0.6 is 11.6 Å². The number of carbonyl (C=O) groups excluding carboxylic acids is 2. The Labute approximate surface area is 214 Å². The third-order valence-corrected chi connectivity index (χ3v) is 5.85. The molecule has 2 N–H and O–H groups in total. The van der Waals surface area contributed by atoms with Gasteiger partial charge >= 0.3 is 0 Å². The van der Waals surface area contributed by atoms with Crippen molar-refractivity contribution in [3.05, 3.63) is 106 Å². The highest BCUT2D eigenvalue weighted by Crippen LogP contribution is 2.27. The van der Waals surface area contributed by atoms with E-state index >= 15 is 0 Å². The number of benzene rings is 4. The predicted molar refractivity (Wildman–Crippen MR) is 145 cm³/mol. The fourth-order valence-corrected chi connectivity index (χ4v) is 3.90. The van der Waals surface area contributed by atoms with Crippen LogP contribution in [0.1, 0.15) is 28.7 Å². The zero-order chi connectivity index (χ0) is 25.5. The summed E-state index contributed by atoms with van der Waals surface area (Å²) in [6.45, 7) is 4.24. The van der Waals surface area contributed by atoms with E-state index in [1.807, 2.05) is 92.7 Å². The Hall–Kier alpha value is -4.16. The van der Waals surface area contributed by atoms with Crippen LogP contribution in [0.15, 0.2) is 84.0 Å². The Balaban J connectivity index is 1.44. The first-order valence-electron chi connectivity index (χ1n) is 11.5. The second-order valence-electron chi connectivity index (χ2n) is 8.45. The molecule has 0 radical (unpaired) electrons. The van der Waals surface area contributed by atoms with Gasteiger partial charge in [0.2, 0.25) is 11.8 Å². The second kappa shape index (κ2) is 11.5. The standard InChI is InChI=1S/C29H26ClN3O3/c1-19-7-13-26(20(2)15-19)32-28(34)16-29(35)33-31-17-25-24-6-4-3-5-22(24)10-14-27(25)36-18-21-8-11-23(30)12-9-21/h3-15,17H,16,18H2,1-2H3,(H,32,34)(H,33,35). The van der Waals surface area contributed by atoms with E-state index < -0.39 is 11.8 Å². The Bertz CT molecular complexity index is 1430. The molecule has 0 heterocycles. The summed E-state index contributed by atoms with van der Waals surface area (Å²) >= 11 is 5.97. The number of anilines is 1. The first-order valence-corrected chi connectivity index (χ1v) is 11.8. The lowest BCUT2D eigenvalue weighted by molar-refractivity contribution is -0.126. The molecule has 6 nitrogen and oxygen atoms in total. The van der Waals surface area contributed by atoms with E-state index in [4.69, 9.17) is 16.3 Å². The maximum atomic E-state index is 12.3. The van der Waals surface area contributed by atoms with Crippen molar-refractivity contribution in [2.75, 3.05) is 5.32 Å². The summed E-state index contributed by atoms with van der Waals surface area (Å²) in [6.07, 6.45) is 1.19. The van der Waals surface area contributed by atoms with E-state index in [1.165, 1.54) is 0 Å². The van der Waals surface area contributed by atoms with Gasteiger partial charge in [-0.2, -0.15) is 5.10 Å². The quantitative estimate of drug-likeness (QED) is 0.173. The Morgan fingerprint density at radius 3 is 2.50 bits per heavy atom. The number of hydrogen-bond acceptors (Lipinski definition) is 4. The lowest BCUT2D eigenvalue weighted by Gasteiger charge is -2.12. The number of aryl methyl sites for hydroxylation is 2. The van der Waals surface area contributed by atoms with E-state index in [0.717, 1.165) is 33.0 Å². The molecular weight excluding hydrogens is 474 g/mol. The van der Waals surface area contributed by atoms with E-state index in [-0.39, 0.29) is 6.42 Å². The summed E-state index contributed by atoms with van der Waals surface area (Å²) < 4.78 is 6.07. The number of amides is 2. The van der Waals surface area contributed by atoms with Crippen LogP contribution in [0.3, 0.4) is 0 Å². The number of rotatable bonds is 8. The van der Waals surface area contributed by atoms with Crippen LogP contribution in [0, 0.1) is 13.8 Å². The first kappa shape index (κ1) is 24.9. The maximum absolute atomic E-state index is 12.3. The molecule has 7 heteroatoms. The molecule has 4 aromatic rings. The van der Waals surface area contributed by atoms with Crippen molar-refractivity contribution in [1.82, 2.24) is 5.43 Å². The molecule has 4 aromatic carbocycles. The van der Waals surface area contributed by atoms with E-state index in [9.17, 15) is 9.59 Å². The number of carbonyl (C=O) groups is 2. The van der Waals surface area contributed by atoms with Crippen LogP contribution in [-0.4, -0.2) is 18.0 Å². The van der Waals surface area contributed by atoms with Crippen molar-refractivity contribution < 1.29 is 14.3 Å². The topological polar surface area (TPSA) is 79.8 Å². The van der Waals surface area contributed by atoms with Gasteiger partial charge in [0.1, 0.15) is 18.8 Å². The largest absolute Gasteiger partial charge is 0.488 e. The predicted octanol–water partition coefficient (Wildman–Crippen LogP) is 6.17. The van der Waals surface area contributed by atoms with Crippen molar-refractivity contribution in [3.63, 3.8) is 0 Å². The minimum atomic E-state index is -0.516. The fourth-order valence-electron chi connectivity index (χ4n) is 3.78. The van der Waals surface area contributed by atoms with Crippen LogP contribution < -0.4 is 15.5 Å². The van der Waals surface area contributed by atoms with Gasteiger partial charge in [0.15, 0.2) is 0 Å². The van der Waals surface area contributed by atoms with Crippen molar-refractivity contribution in [1.29, 1.82) is 0 Å². The van der Waals surface area contributed by atoms with Crippen molar-refractivity contribution in [3.8, 4) is 5.75 Å². The van der Waals surface area contributed by atoms with Crippen molar-refractivity contribution in [2.24, 2.45) is 5.10 Å². The zero-order valence-electron chi connectivity index (χ0n) is 20.0. The molecule has 4 rings (SSSR count). The van der Waals surface area contributed by atoms with Gasteiger partial charge in [-0.1, -0.05) is 71.8 Å². The normalized spacial score (nSPS) is 11.0. The van der Waals surface area contributed by atoms with Crippen LogP contribution in [0.4, 0.5) is 5.69 Å². The summed E-state index contributed by atoms with van der Waals surface area (Å²) in [6, 6.07) is 24.8. The fraction of sp³-hybridized carbons (Fsp3) is 0.138. The first-order chi connectivity index (χ1) is 17.4. The van der Waals surface area contributed by atoms with Crippen LogP contribution in [0.5, 0.6) is 5.75 Å². The van der Waals surface area contributed by atoms with E-state index in [1.54, 1.807) is 6.21 Å². The minimum Gasteiger partial charge on any atom is -0.488 e. The number of hydrogen-bond donors (Lipinski definition) is 2. The van der Waals surface area contributed by atoms with Crippen molar-refractivity contribution in [2.45, 2.75) is 26.9 Å². The number of halogens is 1. The highest BCUT2D eigenvalue weighted by atomic mass is 35.5. The summed E-state index contributed by atoms with van der Waals surface area (Å²) in [7, 11) is 0. The Morgan fingerprint density at radius 2 is 1.72 bits per heavy atom. The van der Waals surface area contributed by atoms with E-state index in [2.05, 4.69) is 15.8 Å². The number of nitrogens with one attached hydrogen (secondary N) is 2. The van der Waals surface area contributed by atoms with Gasteiger partial charge in [0.25, 0.3) is 0 Å². The molecule has 0 aliphatic heterocycles. The molecule has 0 spiro atoms. The highest BCUT2D eigenvalue weighted by molar-refractivity contribution is 6.30. The minimum absolute atomic E-state index is 0.347. The van der Waals surface area contributed by atoms with Crippen LogP contribution in [0.2, 0.25) is 5.02 Å². The van der Waals surface area contributed by atoms with Gasteiger partial charge in [-0.05, 0) is 60.0 Å². The van der Waals surface area contributed by atoms with Crippen LogP contribution in [0.25, 0.3) is 10.8 Å². The molecule has 0 fully saturated rings.